The van der Waals surface area contributed by atoms with Gasteiger partial charge in [0.05, 0.1) is 6.54 Å². The number of hydrogen-bond acceptors (Lipinski definition) is 5. The summed E-state index contributed by atoms with van der Waals surface area (Å²) in [6.45, 7) is 10.6. The third kappa shape index (κ3) is 4.44. The number of carbonyl (C=O) groups is 1. The molecule has 1 aromatic rings. The van der Waals surface area contributed by atoms with Gasteiger partial charge in [0.15, 0.2) is 5.82 Å². The predicted molar refractivity (Wildman–Crippen MR) is 94.8 cm³/mol. The SMILES string of the molecule is C[C@@H]1C[C@H](C)CN(C(=O)CN2CCCN(c3cccnn3)CC2)C1. The van der Waals surface area contributed by atoms with Crippen LogP contribution in [-0.2, 0) is 4.79 Å². The molecule has 2 atom stereocenters. The van der Waals surface area contributed by atoms with E-state index >= 15 is 0 Å². The Kier molecular flexibility index (Phi) is 5.66. The second-order valence-corrected chi connectivity index (χ2v) is 7.44. The molecule has 0 bridgehead atoms. The van der Waals surface area contributed by atoms with Gasteiger partial charge >= 0.3 is 0 Å². The molecule has 3 heterocycles. The smallest absolute Gasteiger partial charge is 0.236 e. The van der Waals surface area contributed by atoms with Crippen molar-refractivity contribution in [2.75, 3.05) is 50.7 Å². The molecule has 0 saturated carbocycles. The van der Waals surface area contributed by atoms with Crippen LogP contribution < -0.4 is 4.90 Å². The van der Waals surface area contributed by atoms with Crippen LogP contribution in [0.1, 0.15) is 26.7 Å². The Bertz CT molecular complexity index is 527. The number of amides is 1. The lowest BCUT2D eigenvalue weighted by Crippen LogP contribution is -2.47. The maximum Gasteiger partial charge on any atom is 0.236 e. The molecule has 2 saturated heterocycles. The van der Waals surface area contributed by atoms with E-state index in [4.69, 9.17) is 0 Å². The summed E-state index contributed by atoms with van der Waals surface area (Å²) in [5, 5.41) is 8.17. The third-order valence-corrected chi connectivity index (χ3v) is 5.05. The van der Waals surface area contributed by atoms with Crippen LogP contribution in [0.15, 0.2) is 18.3 Å². The minimum atomic E-state index is 0.293. The van der Waals surface area contributed by atoms with E-state index in [1.54, 1.807) is 6.20 Å². The highest BCUT2D eigenvalue weighted by Gasteiger charge is 2.27. The summed E-state index contributed by atoms with van der Waals surface area (Å²) in [6, 6.07) is 3.93. The number of likely N-dealkylation sites (tertiary alicyclic amines) is 1. The fourth-order valence-corrected chi connectivity index (χ4v) is 3.98. The highest BCUT2D eigenvalue weighted by Crippen LogP contribution is 2.21. The molecular weight excluding hydrogens is 302 g/mol. The molecule has 0 unspecified atom stereocenters. The summed E-state index contributed by atoms with van der Waals surface area (Å²) in [5.74, 6) is 2.47. The molecule has 6 nitrogen and oxygen atoms in total. The molecule has 0 aliphatic carbocycles. The number of aromatic nitrogens is 2. The third-order valence-electron chi connectivity index (χ3n) is 5.05. The number of carbonyl (C=O) groups excluding carboxylic acids is 1. The summed E-state index contributed by atoms with van der Waals surface area (Å²) in [5.41, 5.74) is 0. The van der Waals surface area contributed by atoms with Crippen LogP contribution in [-0.4, -0.2) is 71.7 Å². The quantitative estimate of drug-likeness (QED) is 0.840. The van der Waals surface area contributed by atoms with Crippen molar-refractivity contribution in [1.82, 2.24) is 20.0 Å². The van der Waals surface area contributed by atoms with Gasteiger partial charge in [0.1, 0.15) is 0 Å². The van der Waals surface area contributed by atoms with Gasteiger partial charge in [-0.15, -0.1) is 5.10 Å². The van der Waals surface area contributed by atoms with Crippen LogP contribution in [0, 0.1) is 11.8 Å². The molecule has 0 radical (unpaired) electrons. The van der Waals surface area contributed by atoms with E-state index in [0.717, 1.165) is 51.5 Å². The van der Waals surface area contributed by atoms with Gasteiger partial charge < -0.3 is 9.80 Å². The van der Waals surface area contributed by atoms with E-state index in [2.05, 4.69) is 38.7 Å². The number of rotatable bonds is 3. The Morgan fingerprint density at radius 1 is 1.17 bits per heavy atom. The van der Waals surface area contributed by atoms with Crippen molar-refractivity contribution in [2.45, 2.75) is 26.7 Å². The van der Waals surface area contributed by atoms with Crippen LogP contribution in [0.4, 0.5) is 5.82 Å². The summed E-state index contributed by atoms with van der Waals surface area (Å²) >= 11 is 0. The number of anilines is 1. The lowest BCUT2D eigenvalue weighted by atomic mass is 9.92. The molecule has 2 fully saturated rings. The normalized spacial score (nSPS) is 26.2. The summed E-state index contributed by atoms with van der Waals surface area (Å²) in [6.07, 6.45) is 3.99. The van der Waals surface area contributed by atoms with E-state index in [1.165, 1.54) is 6.42 Å². The van der Waals surface area contributed by atoms with Crippen LogP contribution >= 0.6 is 0 Å². The van der Waals surface area contributed by atoms with Gasteiger partial charge in [0.2, 0.25) is 5.91 Å². The highest BCUT2D eigenvalue weighted by atomic mass is 16.2. The zero-order valence-electron chi connectivity index (χ0n) is 14.9. The Hall–Kier alpha value is -1.69. The van der Waals surface area contributed by atoms with Crippen molar-refractivity contribution < 1.29 is 4.79 Å². The first kappa shape index (κ1) is 17.1. The fraction of sp³-hybridized carbons (Fsp3) is 0.722. The first-order valence-electron chi connectivity index (χ1n) is 9.14. The first-order chi connectivity index (χ1) is 11.6. The van der Waals surface area contributed by atoms with E-state index in [0.29, 0.717) is 24.3 Å². The molecule has 0 N–H and O–H groups in total. The van der Waals surface area contributed by atoms with Gasteiger partial charge in [-0.2, -0.15) is 5.10 Å². The molecule has 6 heteroatoms. The fourth-order valence-electron chi connectivity index (χ4n) is 3.98. The predicted octanol–water partition coefficient (Wildman–Crippen LogP) is 1.49. The summed E-state index contributed by atoms with van der Waals surface area (Å²) in [4.78, 5) is 19.3. The number of nitrogens with zero attached hydrogens (tertiary/aromatic N) is 5. The highest BCUT2D eigenvalue weighted by molar-refractivity contribution is 5.78. The maximum absolute atomic E-state index is 12.7. The minimum Gasteiger partial charge on any atom is -0.354 e. The lowest BCUT2D eigenvalue weighted by Gasteiger charge is -2.36. The first-order valence-corrected chi connectivity index (χ1v) is 9.14. The van der Waals surface area contributed by atoms with Crippen molar-refractivity contribution >= 4 is 11.7 Å². The van der Waals surface area contributed by atoms with E-state index in [-0.39, 0.29) is 0 Å². The van der Waals surface area contributed by atoms with Crippen LogP contribution in [0.3, 0.4) is 0 Å². The molecule has 1 amide bonds. The second-order valence-electron chi connectivity index (χ2n) is 7.44. The summed E-state index contributed by atoms with van der Waals surface area (Å²) < 4.78 is 0. The van der Waals surface area contributed by atoms with Crippen LogP contribution in [0.2, 0.25) is 0 Å². The molecule has 0 aromatic carbocycles. The summed E-state index contributed by atoms with van der Waals surface area (Å²) in [7, 11) is 0. The van der Waals surface area contributed by atoms with Crippen molar-refractivity contribution in [1.29, 1.82) is 0 Å². The van der Waals surface area contributed by atoms with Gasteiger partial charge in [-0.1, -0.05) is 13.8 Å². The monoisotopic (exact) mass is 331 g/mol. The molecule has 1 aromatic heterocycles. The van der Waals surface area contributed by atoms with Gasteiger partial charge in [0, 0.05) is 45.5 Å². The van der Waals surface area contributed by atoms with Crippen molar-refractivity contribution in [3.63, 3.8) is 0 Å². The number of piperidine rings is 1. The molecule has 0 spiro atoms. The van der Waals surface area contributed by atoms with Crippen molar-refractivity contribution in [2.24, 2.45) is 11.8 Å². The average Bonchev–Trinajstić information content (AvgIpc) is 2.80. The standard InChI is InChI=1S/C18H29N5O/c1-15-11-16(2)13-23(12-15)18(24)14-21-7-4-8-22(10-9-21)17-5-3-6-19-20-17/h3,5-6,15-16H,4,7-14H2,1-2H3/t15-,16+. The van der Waals surface area contributed by atoms with Gasteiger partial charge in [-0.3, -0.25) is 9.69 Å². The molecule has 3 rings (SSSR count). The topological polar surface area (TPSA) is 52.6 Å². The van der Waals surface area contributed by atoms with Crippen LogP contribution in [0.25, 0.3) is 0 Å². The zero-order valence-corrected chi connectivity index (χ0v) is 14.9. The molecule has 2 aliphatic heterocycles. The number of hydrogen-bond donors (Lipinski definition) is 0. The van der Waals surface area contributed by atoms with Gasteiger partial charge in [-0.05, 0) is 36.8 Å². The largest absolute Gasteiger partial charge is 0.354 e. The van der Waals surface area contributed by atoms with Crippen molar-refractivity contribution in [3.05, 3.63) is 18.3 Å². The molecular formula is C18H29N5O. The van der Waals surface area contributed by atoms with E-state index in [9.17, 15) is 4.79 Å². The molecule has 132 valence electrons. The van der Waals surface area contributed by atoms with Crippen molar-refractivity contribution in [3.8, 4) is 0 Å². The molecule has 2 aliphatic rings. The van der Waals surface area contributed by atoms with Gasteiger partial charge in [-0.25, -0.2) is 0 Å². The van der Waals surface area contributed by atoms with E-state index < -0.39 is 0 Å². The lowest BCUT2D eigenvalue weighted by molar-refractivity contribution is -0.135. The maximum atomic E-state index is 12.7. The second kappa shape index (κ2) is 7.92. The van der Waals surface area contributed by atoms with Gasteiger partial charge in [0.25, 0.3) is 0 Å². The minimum absolute atomic E-state index is 0.293. The Morgan fingerprint density at radius 2 is 1.96 bits per heavy atom. The zero-order chi connectivity index (χ0) is 16.9. The Labute approximate surface area is 144 Å². The molecule has 24 heavy (non-hydrogen) atoms. The Morgan fingerprint density at radius 3 is 2.67 bits per heavy atom. The van der Waals surface area contributed by atoms with Crippen LogP contribution in [0.5, 0.6) is 0 Å². The Balaban J connectivity index is 1.52. The average molecular weight is 331 g/mol. The van der Waals surface area contributed by atoms with E-state index in [1.807, 2.05) is 12.1 Å².